The van der Waals surface area contributed by atoms with Crippen molar-refractivity contribution < 1.29 is 56.2 Å². The summed E-state index contributed by atoms with van der Waals surface area (Å²) < 4.78 is 0. The molecule has 0 saturated heterocycles. The van der Waals surface area contributed by atoms with Crippen LogP contribution in [0, 0.1) is 5.21 Å². The Morgan fingerprint density at radius 3 is 2.56 bits per heavy atom. The van der Waals surface area contributed by atoms with Crippen molar-refractivity contribution in [1.82, 2.24) is 10.5 Å². The number of H-pyrrole nitrogens is 1. The van der Waals surface area contributed by atoms with Crippen molar-refractivity contribution in [2.45, 2.75) is 0 Å². The zero-order valence-electron chi connectivity index (χ0n) is 9.21. The summed E-state index contributed by atoms with van der Waals surface area (Å²) in [6, 6.07) is 3.88. The molecule has 0 fully saturated rings. The second kappa shape index (κ2) is 6.49. The van der Waals surface area contributed by atoms with Crippen molar-refractivity contribution in [3.05, 3.63) is 49.4 Å². The Bertz CT molecular complexity index is 672. The van der Waals surface area contributed by atoms with Crippen LogP contribution in [-0.2, 0) is 0 Å². The molecule has 18 heavy (non-hydrogen) atoms. The van der Waals surface area contributed by atoms with Gasteiger partial charge in [-0.3, -0.25) is 9.59 Å². The summed E-state index contributed by atoms with van der Waals surface area (Å²) in [5.74, 6) is -0.930. The number of benzene rings is 1. The van der Waals surface area contributed by atoms with Crippen LogP contribution >= 0.6 is 23.2 Å². The monoisotopic (exact) mass is 310 g/mol. The van der Waals surface area contributed by atoms with Crippen molar-refractivity contribution >= 4 is 40.0 Å². The van der Waals surface area contributed by atoms with E-state index in [2.05, 4.69) is 4.98 Å². The van der Waals surface area contributed by atoms with Gasteiger partial charge in [0.25, 0.3) is 5.91 Å². The first-order valence-corrected chi connectivity index (χ1v) is 5.23. The molecule has 1 aromatic carbocycles. The molecule has 1 amide bonds. The molecule has 0 spiro atoms. The summed E-state index contributed by atoms with van der Waals surface area (Å²) in [6.45, 7) is 0. The number of halogens is 2. The summed E-state index contributed by atoms with van der Waals surface area (Å²) in [6.07, 6.45) is 0. The largest absolute Gasteiger partial charge is 1.00 e. The van der Waals surface area contributed by atoms with Crippen LogP contribution in [0.25, 0.3) is 10.9 Å². The molecule has 0 atom stereocenters. The number of rotatable bonds is 1. The van der Waals surface area contributed by atoms with Crippen LogP contribution in [0.2, 0.25) is 10.0 Å². The molecule has 88 valence electrons. The van der Waals surface area contributed by atoms with Gasteiger partial charge in [-0.15, -0.1) is 0 Å². The third-order valence-electron chi connectivity index (χ3n) is 2.18. The van der Waals surface area contributed by atoms with Crippen molar-refractivity contribution in [3.63, 3.8) is 0 Å². The zero-order valence-corrected chi connectivity index (χ0v) is 13.8. The first-order chi connectivity index (χ1) is 8.02. The maximum absolute atomic E-state index is 11.7. The fraction of sp³-hybridized carbons (Fsp3) is 0. The van der Waals surface area contributed by atoms with E-state index in [0.29, 0.717) is 10.5 Å². The van der Waals surface area contributed by atoms with E-state index in [4.69, 9.17) is 23.2 Å². The topological polar surface area (TPSA) is 85.0 Å². The third kappa shape index (κ3) is 3.15. The molecule has 0 saturated carbocycles. The normalized spacial score (nSPS) is 9.94. The predicted octanol–water partition coefficient (Wildman–Crippen LogP) is -0.934. The van der Waals surface area contributed by atoms with Crippen molar-refractivity contribution in [2.24, 2.45) is 0 Å². The van der Waals surface area contributed by atoms with E-state index in [0.717, 1.165) is 6.07 Å². The van der Waals surface area contributed by atoms with E-state index < -0.39 is 11.3 Å². The Kier molecular flexibility index (Phi) is 5.82. The number of hydrogen-bond donors (Lipinski definition) is 2. The quantitative estimate of drug-likeness (QED) is 0.527. The van der Waals surface area contributed by atoms with Crippen LogP contribution in [-0.4, -0.2) is 10.9 Å². The van der Waals surface area contributed by atoms with Gasteiger partial charge in [0.05, 0.1) is 15.9 Å². The molecular weight excluding hydrogens is 306 g/mol. The smallest absolute Gasteiger partial charge is 0.759 e. The van der Waals surface area contributed by atoms with Gasteiger partial charge in [-0.1, -0.05) is 23.2 Å². The summed E-state index contributed by atoms with van der Waals surface area (Å²) in [5, 5.41) is 11.0. The van der Waals surface area contributed by atoms with Crippen LogP contribution in [0.3, 0.4) is 0 Å². The number of nitrogens with one attached hydrogen (secondary N) is 2. The number of carbonyl (C=O) groups is 1. The molecule has 5 nitrogen and oxygen atoms in total. The second-order valence-electron chi connectivity index (χ2n) is 3.29. The minimum atomic E-state index is -0.930. The number of aromatic nitrogens is 1. The summed E-state index contributed by atoms with van der Waals surface area (Å²) >= 11 is 11.6. The molecule has 0 radical (unpaired) electrons. The number of fused-ring (bicyclic) bond motifs is 1. The Balaban J connectivity index is 0.00000162. The fourth-order valence-corrected chi connectivity index (χ4v) is 2.07. The number of aromatic amines is 1. The van der Waals surface area contributed by atoms with Gasteiger partial charge in [-0.2, -0.15) is 0 Å². The molecule has 0 aliphatic carbocycles. The summed E-state index contributed by atoms with van der Waals surface area (Å²) in [5.41, 5.74) is 0.875. The SMILES string of the molecule is O=C(N[O-])c1cc(=O)c2c(Cl)cc(Cl)cc2[nH]1.[K+]. The van der Waals surface area contributed by atoms with Gasteiger partial charge < -0.3 is 15.7 Å². The number of pyridine rings is 1. The first-order valence-electron chi connectivity index (χ1n) is 4.47. The minimum Gasteiger partial charge on any atom is -0.759 e. The summed E-state index contributed by atoms with van der Waals surface area (Å²) in [7, 11) is 0. The molecule has 0 bridgehead atoms. The Morgan fingerprint density at radius 2 is 1.94 bits per heavy atom. The molecule has 2 aromatic rings. The molecule has 0 unspecified atom stereocenters. The number of amides is 1. The molecule has 2 rings (SSSR count). The van der Waals surface area contributed by atoms with Crippen molar-refractivity contribution in [2.75, 3.05) is 0 Å². The van der Waals surface area contributed by atoms with E-state index in [1.165, 1.54) is 17.6 Å². The minimum absolute atomic E-state index is 0. The van der Waals surface area contributed by atoms with Crippen LogP contribution in [0.15, 0.2) is 23.0 Å². The van der Waals surface area contributed by atoms with E-state index in [9.17, 15) is 14.8 Å². The first kappa shape index (κ1) is 16.1. The predicted molar refractivity (Wildman–Crippen MR) is 65.4 cm³/mol. The molecule has 0 aliphatic heterocycles. The summed E-state index contributed by atoms with van der Waals surface area (Å²) in [4.78, 5) is 25.5. The number of carbonyl (C=O) groups excluding carboxylic acids is 1. The maximum atomic E-state index is 11.7. The van der Waals surface area contributed by atoms with Gasteiger partial charge in [0, 0.05) is 11.1 Å². The number of hydrogen-bond acceptors (Lipinski definition) is 3. The van der Waals surface area contributed by atoms with Gasteiger partial charge in [0.1, 0.15) is 5.69 Å². The molecule has 8 heteroatoms. The van der Waals surface area contributed by atoms with E-state index >= 15 is 0 Å². The molecule has 2 N–H and O–H groups in total. The van der Waals surface area contributed by atoms with Gasteiger partial charge in [0.15, 0.2) is 5.43 Å². The van der Waals surface area contributed by atoms with E-state index in [-0.39, 0.29) is 67.5 Å². The Hall–Kier alpha value is 0.0764. The van der Waals surface area contributed by atoms with Crippen LogP contribution < -0.4 is 62.3 Å². The average molecular weight is 311 g/mol. The fourth-order valence-electron chi connectivity index (χ4n) is 1.48. The van der Waals surface area contributed by atoms with Crippen molar-refractivity contribution in [3.8, 4) is 0 Å². The van der Waals surface area contributed by atoms with Gasteiger partial charge in [-0.25, -0.2) is 0 Å². The van der Waals surface area contributed by atoms with Crippen LogP contribution in [0.4, 0.5) is 0 Å². The zero-order chi connectivity index (χ0) is 12.6. The molecule has 0 aliphatic rings. The van der Waals surface area contributed by atoms with E-state index in [1.807, 2.05) is 0 Å². The van der Waals surface area contributed by atoms with Crippen LogP contribution in [0.1, 0.15) is 10.5 Å². The second-order valence-corrected chi connectivity index (χ2v) is 4.13. The van der Waals surface area contributed by atoms with Crippen LogP contribution in [0.5, 0.6) is 0 Å². The maximum Gasteiger partial charge on any atom is 1.00 e. The molecule has 1 aromatic heterocycles. The van der Waals surface area contributed by atoms with Gasteiger partial charge in [0.2, 0.25) is 0 Å². The Labute approximate surface area is 154 Å². The van der Waals surface area contributed by atoms with E-state index in [1.54, 1.807) is 0 Å². The van der Waals surface area contributed by atoms with Gasteiger partial charge >= 0.3 is 51.4 Å². The Morgan fingerprint density at radius 1 is 1.28 bits per heavy atom. The molecular formula is C10H5Cl2KN2O3. The number of hydroxylamine groups is 1. The van der Waals surface area contributed by atoms with Crippen molar-refractivity contribution in [1.29, 1.82) is 0 Å². The molecule has 1 heterocycles. The average Bonchev–Trinajstić information content (AvgIpc) is 2.26. The standard InChI is InChI=1S/C10H5Cl2N2O3.K/c11-4-1-5(12)9-6(2-4)13-7(3-8(9)15)10(16)14-17;/h1-3H,(H2-,13,14,15,16,17);/q-1;+1. The van der Waals surface area contributed by atoms with Gasteiger partial charge in [-0.05, 0) is 12.1 Å². The third-order valence-corrected chi connectivity index (χ3v) is 2.70.